The highest BCUT2D eigenvalue weighted by molar-refractivity contribution is 5.94. The van der Waals surface area contributed by atoms with E-state index in [0.717, 1.165) is 17.5 Å². The first kappa shape index (κ1) is 10.8. The zero-order valence-corrected chi connectivity index (χ0v) is 10.8. The largest absolute Gasteiger partial charge is 0.339 e. The predicted molar refractivity (Wildman–Crippen MR) is 77.0 cm³/mol. The molecular formula is C17H17NO. The van der Waals surface area contributed by atoms with Crippen molar-refractivity contribution in [1.82, 2.24) is 4.90 Å². The summed E-state index contributed by atoms with van der Waals surface area (Å²) in [6, 6.07) is 17.8. The van der Waals surface area contributed by atoms with Crippen LogP contribution in [0, 0.1) is 0 Å². The summed E-state index contributed by atoms with van der Waals surface area (Å²) in [5, 5.41) is 0. The highest BCUT2D eigenvalue weighted by Gasteiger charge is 2.19. The normalized spacial score (nSPS) is 19.3. The number of hydrogen-bond acceptors (Lipinski definition) is 1. The number of carbonyl (C=O) groups excluding carboxylic acids is 1. The van der Waals surface area contributed by atoms with Gasteiger partial charge in [0.1, 0.15) is 0 Å². The number of carbonyl (C=O) groups is 1. The molecular weight excluding hydrogens is 234 g/mol. The Morgan fingerprint density at radius 3 is 2.26 bits per heavy atom. The Morgan fingerprint density at radius 2 is 1.63 bits per heavy atom. The molecule has 2 aromatic rings. The Morgan fingerprint density at radius 1 is 0.947 bits per heavy atom. The summed E-state index contributed by atoms with van der Waals surface area (Å²) in [5.41, 5.74) is 2.97. The second-order valence-corrected chi connectivity index (χ2v) is 4.77. The molecule has 1 atom stereocenters. The Labute approximate surface area is 115 Å². The lowest BCUT2D eigenvalue weighted by molar-refractivity contribution is 0.0793. The maximum atomic E-state index is 12.3. The highest BCUT2D eigenvalue weighted by atomic mass is 16.2. The minimum absolute atomic E-state index is 0.0411. The number of benzene rings is 2. The molecule has 96 valence electrons. The fraction of sp³-hybridized carbons (Fsp3) is 0.235. The van der Waals surface area contributed by atoms with Crippen LogP contribution in [0.15, 0.2) is 54.6 Å². The van der Waals surface area contributed by atoms with Gasteiger partial charge in [0.15, 0.2) is 0 Å². The highest BCUT2D eigenvalue weighted by Crippen LogP contribution is 2.20. The second-order valence-electron chi connectivity index (χ2n) is 4.77. The number of likely N-dealkylation sites (tertiary alicyclic amines) is 1. The van der Waals surface area contributed by atoms with Crippen LogP contribution in [0.1, 0.15) is 24.5 Å². The van der Waals surface area contributed by atoms with Crippen LogP contribution in [-0.2, 0) is 0 Å². The molecule has 2 heteroatoms. The number of rotatable bonds is 2. The van der Waals surface area contributed by atoms with Crippen molar-refractivity contribution < 1.29 is 6.17 Å². The maximum absolute atomic E-state index is 12.3. The van der Waals surface area contributed by atoms with E-state index in [1.165, 1.54) is 0 Å². The van der Waals surface area contributed by atoms with Gasteiger partial charge in [0, 0.05) is 20.0 Å². The van der Waals surface area contributed by atoms with E-state index in [-0.39, 0.29) is 12.3 Å². The molecule has 0 aromatic heterocycles. The average Bonchev–Trinajstić information content (AvgIpc) is 2.94. The van der Waals surface area contributed by atoms with Gasteiger partial charge in [0.25, 0.3) is 5.91 Å². The summed E-state index contributed by atoms with van der Waals surface area (Å²) < 4.78 is 7.67. The van der Waals surface area contributed by atoms with Gasteiger partial charge in [-0.2, -0.15) is 0 Å². The molecule has 0 radical (unpaired) electrons. The molecule has 3 rings (SSSR count). The third-order valence-corrected chi connectivity index (χ3v) is 3.48. The molecule has 1 amide bonds. The van der Waals surface area contributed by atoms with Crippen LogP contribution >= 0.6 is 0 Å². The van der Waals surface area contributed by atoms with Gasteiger partial charge in [-0.1, -0.05) is 42.5 Å². The zero-order chi connectivity index (χ0) is 13.9. The molecule has 0 spiro atoms. The average molecular weight is 252 g/mol. The van der Waals surface area contributed by atoms with Crippen molar-refractivity contribution in [3.05, 3.63) is 60.2 Å². The SMILES string of the molecule is [2H]C1CCN(C(=O)c2ccc(-c3ccccc3)cc2)C1. The van der Waals surface area contributed by atoms with E-state index in [1.54, 1.807) is 4.90 Å². The lowest BCUT2D eigenvalue weighted by Crippen LogP contribution is -2.27. The van der Waals surface area contributed by atoms with E-state index in [2.05, 4.69) is 12.1 Å². The summed E-state index contributed by atoms with van der Waals surface area (Å²) in [7, 11) is 0. The number of nitrogens with zero attached hydrogens (tertiary/aromatic N) is 1. The first-order valence-electron chi connectivity index (χ1n) is 7.19. The van der Waals surface area contributed by atoms with Crippen LogP contribution in [0.25, 0.3) is 11.1 Å². The molecule has 2 nitrogen and oxygen atoms in total. The van der Waals surface area contributed by atoms with Crippen LogP contribution < -0.4 is 0 Å². The van der Waals surface area contributed by atoms with E-state index in [4.69, 9.17) is 1.37 Å². The number of amides is 1. The van der Waals surface area contributed by atoms with Crippen molar-refractivity contribution >= 4 is 5.91 Å². The third-order valence-electron chi connectivity index (χ3n) is 3.48. The van der Waals surface area contributed by atoms with E-state index in [9.17, 15) is 4.79 Å². The van der Waals surface area contributed by atoms with Crippen LogP contribution in [-0.4, -0.2) is 23.9 Å². The minimum Gasteiger partial charge on any atom is -0.339 e. The fourth-order valence-corrected chi connectivity index (χ4v) is 2.39. The summed E-state index contributed by atoms with van der Waals surface area (Å²) in [4.78, 5) is 14.1. The summed E-state index contributed by atoms with van der Waals surface area (Å²) in [5.74, 6) is 0.0411. The van der Waals surface area contributed by atoms with Crippen molar-refractivity contribution in [1.29, 1.82) is 0 Å². The standard InChI is InChI=1S/C17H17NO/c19-17(18-12-4-5-13-18)16-10-8-15(9-11-16)14-6-2-1-3-7-14/h1-3,6-11H,4-5,12-13H2/i4D. The molecule has 2 aromatic carbocycles. The molecule has 0 bridgehead atoms. The van der Waals surface area contributed by atoms with Crippen molar-refractivity contribution in [2.45, 2.75) is 12.8 Å². The van der Waals surface area contributed by atoms with Crippen LogP contribution in [0.4, 0.5) is 0 Å². The molecule has 1 fully saturated rings. The fourth-order valence-electron chi connectivity index (χ4n) is 2.39. The van der Waals surface area contributed by atoms with Crippen molar-refractivity contribution in [2.24, 2.45) is 0 Å². The first-order chi connectivity index (χ1) is 9.74. The summed E-state index contributed by atoms with van der Waals surface area (Å²) in [6.45, 7) is 1.26. The van der Waals surface area contributed by atoms with E-state index in [0.29, 0.717) is 18.7 Å². The molecule has 1 aliphatic heterocycles. The van der Waals surface area contributed by atoms with Gasteiger partial charge >= 0.3 is 0 Å². The van der Waals surface area contributed by atoms with Crippen LogP contribution in [0.2, 0.25) is 0 Å². The Hall–Kier alpha value is -2.09. The van der Waals surface area contributed by atoms with Crippen LogP contribution in [0.3, 0.4) is 0 Å². The quantitative estimate of drug-likeness (QED) is 0.800. The monoisotopic (exact) mass is 252 g/mol. The van der Waals surface area contributed by atoms with Gasteiger partial charge in [-0.15, -0.1) is 0 Å². The van der Waals surface area contributed by atoms with Crippen molar-refractivity contribution in [3.63, 3.8) is 0 Å². The van der Waals surface area contributed by atoms with Gasteiger partial charge < -0.3 is 4.90 Å². The molecule has 0 aliphatic carbocycles. The topological polar surface area (TPSA) is 20.3 Å². The van der Waals surface area contributed by atoms with E-state index in [1.807, 2.05) is 42.5 Å². The molecule has 1 saturated heterocycles. The molecule has 1 unspecified atom stereocenters. The van der Waals surface area contributed by atoms with E-state index < -0.39 is 0 Å². The lowest BCUT2D eigenvalue weighted by Gasteiger charge is -2.15. The Balaban J connectivity index is 1.78. The van der Waals surface area contributed by atoms with Gasteiger partial charge in [-0.25, -0.2) is 0 Å². The Kier molecular flexibility index (Phi) is 2.99. The molecule has 0 N–H and O–H groups in total. The lowest BCUT2D eigenvalue weighted by atomic mass is 10.0. The minimum atomic E-state index is -0.123. The van der Waals surface area contributed by atoms with Gasteiger partial charge in [0.05, 0.1) is 0 Å². The first-order valence-corrected chi connectivity index (χ1v) is 6.61. The molecule has 1 aliphatic rings. The van der Waals surface area contributed by atoms with Crippen LogP contribution in [0.5, 0.6) is 0 Å². The third kappa shape index (κ3) is 2.53. The molecule has 0 saturated carbocycles. The van der Waals surface area contributed by atoms with Crippen molar-refractivity contribution in [3.8, 4) is 11.1 Å². The van der Waals surface area contributed by atoms with Gasteiger partial charge in [-0.3, -0.25) is 4.79 Å². The maximum Gasteiger partial charge on any atom is 0.253 e. The number of hydrogen-bond donors (Lipinski definition) is 0. The summed E-state index contributed by atoms with van der Waals surface area (Å²) >= 11 is 0. The zero-order valence-electron chi connectivity index (χ0n) is 11.8. The summed E-state index contributed by atoms with van der Waals surface area (Å²) in [6.07, 6.45) is 0.663. The molecule has 19 heavy (non-hydrogen) atoms. The molecule has 1 heterocycles. The smallest absolute Gasteiger partial charge is 0.253 e. The van der Waals surface area contributed by atoms with Gasteiger partial charge in [-0.05, 0) is 36.1 Å². The van der Waals surface area contributed by atoms with Gasteiger partial charge in [0.2, 0.25) is 0 Å². The second kappa shape index (κ2) is 5.27. The Bertz CT molecular complexity index is 594. The predicted octanol–water partition coefficient (Wildman–Crippen LogP) is 3.59. The van der Waals surface area contributed by atoms with E-state index >= 15 is 0 Å². The van der Waals surface area contributed by atoms with Crippen molar-refractivity contribution in [2.75, 3.05) is 13.1 Å².